The summed E-state index contributed by atoms with van der Waals surface area (Å²) in [5, 5.41) is 6.54. The SMILES string of the molecule is CN(Cc1ncn[nH]1)C(=O)CCC(CCN)C(C)(C)C. The van der Waals surface area contributed by atoms with Crippen LogP contribution in [0.3, 0.4) is 0 Å². The maximum atomic E-state index is 12.1. The number of nitrogens with two attached hydrogens (primary N) is 1. The average Bonchev–Trinajstić information content (AvgIpc) is 2.85. The molecule has 1 unspecified atom stereocenters. The Bertz CT molecular complexity index is 396. The molecule has 0 aliphatic carbocycles. The van der Waals surface area contributed by atoms with Gasteiger partial charge in [-0.3, -0.25) is 9.89 Å². The Morgan fingerprint density at radius 1 is 1.45 bits per heavy atom. The number of amides is 1. The molecule has 1 atom stereocenters. The van der Waals surface area contributed by atoms with Crippen LogP contribution in [0.4, 0.5) is 0 Å². The van der Waals surface area contributed by atoms with Crippen LogP contribution in [0.2, 0.25) is 0 Å². The lowest BCUT2D eigenvalue weighted by Crippen LogP contribution is -2.29. The standard InChI is InChI=1S/C14H27N5O/c1-14(2,3)11(7-8-15)5-6-13(20)19(4)9-12-16-10-17-18-12/h10-11H,5-9,15H2,1-4H3,(H,16,17,18). The number of aromatic nitrogens is 3. The third kappa shape index (κ3) is 5.28. The minimum Gasteiger partial charge on any atom is -0.338 e. The predicted molar refractivity (Wildman–Crippen MR) is 78.7 cm³/mol. The molecule has 114 valence electrons. The second-order valence-corrected chi connectivity index (χ2v) is 6.36. The first kappa shape index (κ1) is 16.6. The van der Waals surface area contributed by atoms with Gasteiger partial charge in [-0.2, -0.15) is 5.10 Å². The fourth-order valence-electron chi connectivity index (χ4n) is 2.32. The first-order valence-electron chi connectivity index (χ1n) is 7.13. The molecule has 3 N–H and O–H groups in total. The second kappa shape index (κ2) is 7.38. The summed E-state index contributed by atoms with van der Waals surface area (Å²) in [6.45, 7) is 7.75. The molecule has 0 saturated heterocycles. The van der Waals surface area contributed by atoms with E-state index in [0.29, 0.717) is 31.3 Å². The van der Waals surface area contributed by atoms with E-state index in [2.05, 4.69) is 36.0 Å². The summed E-state index contributed by atoms with van der Waals surface area (Å²) in [4.78, 5) is 17.8. The molecular formula is C14H27N5O. The van der Waals surface area contributed by atoms with Crippen LogP contribution >= 0.6 is 0 Å². The zero-order chi connectivity index (χ0) is 15.2. The van der Waals surface area contributed by atoms with Crippen LogP contribution in [0.1, 0.15) is 45.9 Å². The molecule has 0 saturated carbocycles. The third-order valence-electron chi connectivity index (χ3n) is 3.72. The van der Waals surface area contributed by atoms with Crippen LogP contribution in [0.5, 0.6) is 0 Å². The Morgan fingerprint density at radius 3 is 2.65 bits per heavy atom. The Morgan fingerprint density at radius 2 is 2.15 bits per heavy atom. The van der Waals surface area contributed by atoms with Gasteiger partial charge in [-0.1, -0.05) is 20.8 Å². The van der Waals surface area contributed by atoms with E-state index in [-0.39, 0.29) is 11.3 Å². The molecule has 1 amide bonds. The number of nitrogens with one attached hydrogen (secondary N) is 1. The fraction of sp³-hybridized carbons (Fsp3) is 0.786. The van der Waals surface area contributed by atoms with E-state index >= 15 is 0 Å². The summed E-state index contributed by atoms with van der Waals surface area (Å²) in [6.07, 6.45) is 3.83. The molecule has 1 heterocycles. The summed E-state index contributed by atoms with van der Waals surface area (Å²) in [7, 11) is 1.79. The van der Waals surface area contributed by atoms with Crippen LogP contribution < -0.4 is 5.73 Å². The van der Waals surface area contributed by atoms with E-state index in [0.717, 1.165) is 12.8 Å². The van der Waals surface area contributed by atoms with Crippen LogP contribution in [-0.4, -0.2) is 39.6 Å². The van der Waals surface area contributed by atoms with Crippen molar-refractivity contribution in [3.63, 3.8) is 0 Å². The van der Waals surface area contributed by atoms with Crippen LogP contribution in [0.25, 0.3) is 0 Å². The minimum absolute atomic E-state index is 0.132. The van der Waals surface area contributed by atoms with Crippen molar-refractivity contribution in [1.82, 2.24) is 20.1 Å². The smallest absolute Gasteiger partial charge is 0.222 e. The maximum absolute atomic E-state index is 12.1. The zero-order valence-corrected chi connectivity index (χ0v) is 13.0. The number of hydrogen-bond acceptors (Lipinski definition) is 4. The van der Waals surface area contributed by atoms with E-state index in [9.17, 15) is 4.79 Å². The average molecular weight is 281 g/mol. The van der Waals surface area contributed by atoms with Crippen LogP contribution in [0.15, 0.2) is 6.33 Å². The molecular weight excluding hydrogens is 254 g/mol. The molecule has 0 fully saturated rings. The summed E-state index contributed by atoms with van der Waals surface area (Å²) in [6, 6.07) is 0. The Hall–Kier alpha value is -1.43. The summed E-state index contributed by atoms with van der Waals surface area (Å²) >= 11 is 0. The number of H-pyrrole nitrogens is 1. The number of aromatic amines is 1. The maximum Gasteiger partial charge on any atom is 0.222 e. The van der Waals surface area contributed by atoms with E-state index in [1.54, 1.807) is 11.9 Å². The molecule has 0 spiro atoms. The van der Waals surface area contributed by atoms with Crippen molar-refractivity contribution < 1.29 is 4.79 Å². The molecule has 6 nitrogen and oxygen atoms in total. The number of hydrogen-bond donors (Lipinski definition) is 2. The second-order valence-electron chi connectivity index (χ2n) is 6.36. The topological polar surface area (TPSA) is 87.9 Å². The molecule has 6 heteroatoms. The van der Waals surface area contributed by atoms with Gasteiger partial charge < -0.3 is 10.6 Å². The normalized spacial score (nSPS) is 13.2. The summed E-state index contributed by atoms with van der Waals surface area (Å²) in [5.41, 5.74) is 5.85. The highest BCUT2D eigenvalue weighted by Gasteiger charge is 2.25. The van der Waals surface area contributed by atoms with Crippen LogP contribution in [-0.2, 0) is 11.3 Å². The van der Waals surface area contributed by atoms with Gasteiger partial charge in [0, 0.05) is 13.5 Å². The number of carbonyl (C=O) groups is 1. The molecule has 0 aliphatic heterocycles. The van der Waals surface area contributed by atoms with Crippen molar-refractivity contribution >= 4 is 5.91 Å². The van der Waals surface area contributed by atoms with Gasteiger partial charge in [-0.05, 0) is 30.7 Å². The lowest BCUT2D eigenvalue weighted by molar-refractivity contribution is -0.131. The van der Waals surface area contributed by atoms with Crippen molar-refractivity contribution in [3.05, 3.63) is 12.2 Å². The first-order chi connectivity index (χ1) is 9.34. The lowest BCUT2D eigenvalue weighted by atomic mass is 9.76. The van der Waals surface area contributed by atoms with Gasteiger partial charge in [0.05, 0.1) is 6.54 Å². The van der Waals surface area contributed by atoms with Crippen molar-refractivity contribution in [2.45, 2.75) is 46.6 Å². The zero-order valence-electron chi connectivity index (χ0n) is 13.0. The van der Waals surface area contributed by atoms with Gasteiger partial charge in [0.25, 0.3) is 0 Å². The minimum atomic E-state index is 0.132. The Kier molecular flexibility index (Phi) is 6.13. The number of nitrogens with zero attached hydrogens (tertiary/aromatic N) is 3. The van der Waals surface area contributed by atoms with Crippen molar-refractivity contribution in [2.24, 2.45) is 17.1 Å². The van der Waals surface area contributed by atoms with E-state index in [1.807, 2.05) is 0 Å². The van der Waals surface area contributed by atoms with Gasteiger partial charge in [0.1, 0.15) is 12.2 Å². The Balaban J connectivity index is 2.44. The van der Waals surface area contributed by atoms with Crippen molar-refractivity contribution in [1.29, 1.82) is 0 Å². The fourth-order valence-corrected chi connectivity index (χ4v) is 2.32. The molecule has 1 aromatic heterocycles. The monoisotopic (exact) mass is 281 g/mol. The summed E-state index contributed by atoms with van der Waals surface area (Å²) in [5.74, 6) is 1.30. The van der Waals surface area contributed by atoms with Crippen LogP contribution in [0, 0.1) is 11.3 Å². The Labute approximate surface area is 121 Å². The van der Waals surface area contributed by atoms with E-state index in [4.69, 9.17) is 5.73 Å². The molecule has 0 bridgehead atoms. The van der Waals surface area contributed by atoms with Gasteiger partial charge in [-0.15, -0.1) is 0 Å². The third-order valence-corrected chi connectivity index (χ3v) is 3.72. The van der Waals surface area contributed by atoms with Gasteiger partial charge in [0.15, 0.2) is 0 Å². The van der Waals surface area contributed by atoms with E-state index in [1.165, 1.54) is 6.33 Å². The van der Waals surface area contributed by atoms with Gasteiger partial charge in [0.2, 0.25) is 5.91 Å². The van der Waals surface area contributed by atoms with Gasteiger partial charge >= 0.3 is 0 Å². The molecule has 0 aromatic carbocycles. The highest BCUT2D eigenvalue weighted by Crippen LogP contribution is 2.32. The molecule has 1 aromatic rings. The lowest BCUT2D eigenvalue weighted by Gasteiger charge is -2.31. The quantitative estimate of drug-likeness (QED) is 0.793. The predicted octanol–water partition coefficient (Wildman–Crippen LogP) is 1.55. The van der Waals surface area contributed by atoms with Gasteiger partial charge in [-0.25, -0.2) is 4.98 Å². The molecule has 0 aliphatic rings. The highest BCUT2D eigenvalue weighted by molar-refractivity contribution is 5.75. The van der Waals surface area contributed by atoms with E-state index < -0.39 is 0 Å². The van der Waals surface area contributed by atoms with Crippen molar-refractivity contribution in [2.75, 3.05) is 13.6 Å². The highest BCUT2D eigenvalue weighted by atomic mass is 16.2. The molecule has 0 radical (unpaired) electrons. The van der Waals surface area contributed by atoms with Crippen molar-refractivity contribution in [3.8, 4) is 0 Å². The molecule has 20 heavy (non-hydrogen) atoms. The largest absolute Gasteiger partial charge is 0.338 e. The molecule has 1 rings (SSSR count). The summed E-state index contributed by atoms with van der Waals surface area (Å²) < 4.78 is 0. The number of rotatable bonds is 7. The first-order valence-corrected chi connectivity index (χ1v) is 7.13. The number of carbonyl (C=O) groups excluding carboxylic acids is 1.